The molecule has 5 rings (SSSR count). The predicted octanol–water partition coefficient (Wildman–Crippen LogP) is 5.06. The molecular formula is C32H51FN4O5. The third-order valence-corrected chi connectivity index (χ3v) is 9.76. The topological polar surface area (TPSA) is 93.7 Å². The smallest absolute Gasteiger partial charge is 0.408 e. The van der Waals surface area contributed by atoms with E-state index in [1.54, 1.807) is 14.0 Å². The minimum absolute atomic E-state index is 0.0201. The number of rotatable bonds is 12. The first-order valence-corrected chi connectivity index (χ1v) is 15.8. The lowest BCUT2D eigenvalue weighted by atomic mass is 9.68. The van der Waals surface area contributed by atoms with E-state index in [1.165, 1.54) is 5.57 Å². The minimum atomic E-state index is -0.808. The van der Waals surface area contributed by atoms with Crippen LogP contribution < -0.4 is 5.32 Å². The molecule has 42 heavy (non-hydrogen) atoms. The van der Waals surface area contributed by atoms with E-state index in [4.69, 9.17) is 18.9 Å². The normalized spacial score (nSPS) is 35.7. The van der Waals surface area contributed by atoms with E-state index in [0.717, 1.165) is 44.6 Å². The molecule has 9 nitrogen and oxygen atoms in total. The number of allylic oxidation sites excluding steroid dienone is 1. The Labute approximate surface area is 250 Å². The minimum Gasteiger partial charge on any atom is -0.443 e. The summed E-state index contributed by atoms with van der Waals surface area (Å²) < 4.78 is 40.0. The number of carbonyl (C=O) groups excluding carboxylic acids is 1. The molecule has 9 atom stereocenters. The van der Waals surface area contributed by atoms with Gasteiger partial charge in [-0.2, -0.15) is 0 Å². The molecule has 1 saturated carbocycles. The van der Waals surface area contributed by atoms with Crippen molar-refractivity contribution in [1.82, 2.24) is 19.8 Å². The zero-order valence-electron chi connectivity index (χ0n) is 26.5. The number of hydrogen-bond acceptors (Lipinski definition) is 7. The lowest BCUT2D eigenvalue weighted by molar-refractivity contribution is -0.118. The number of hydrogen-bond donors (Lipinski definition) is 1. The molecule has 0 aromatic carbocycles. The summed E-state index contributed by atoms with van der Waals surface area (Å²) in [5.41, 5.74) is 1.44. The number of imidazole rings is 1. The van der Waals surface area contributed by atoms with Gasteiger partial charge in [-0.3, -0.25) is 0 Å². The highest BCUT2D eigenvalue weighted by Crippen LogP contribution is 2.59. The molecule has 4 fully saturated rings. The summed E-state index contributed by atoms with van der Waals surface area (Å²) in [4.78, 5) is 20.2. The average molecular weight is 591 g/mol. The van der Waals surface area contributed by atoms with Gasteiger partial charge in [-0.05, 0) is 71.8 Å². The number of alkyl halides is 1. The molecule has 3 aliphatic heterocycles. The Hall–Kier alpha value is -2.01. The Bertz CT molecular complexity index is 1120. The first-order valence-electron chi connectivity index (χ1n) is 15.8. The van der Waals surface area contributed by atoms with E-state index in [9.17, 15) is 9.18 Å². The van der Waals surface area contributed by atoms with Crippen LogP contribution in [0.4, 0.5) is 9.18 Å². The fourth-order valence-electron chi connectivity index (χ4n) is 7.47. The van der Waals surface area contributed by atoms with Gasteiger partial charge in [-0.15, -0.1) is 0 Å². The summed E-state index contributed by atoms with van der Waals surface area (Å²) >= 11 is 0. The van der Waals surface area contributed by atoms with Crippen LogP contribution in [0.2, 0.25) is 0 Å². The van der Waals surface area contributed by atoms with Crippen LogP contribution in [0.3, 0.4) is 0 Å². The maximum Gasteiger partial charge on any atom is 0.408 e. The van der Waals surface area contributed by atoms with Crippen LogP contribution in [-0.2, 0) is 25.5 Å². The summed E-state index contributed by atoms with van der Waals surface area (Å²) in [7, 11) is 1.69. The number of methoxy groups -OCH3 is 1. The van der Waals surface area contributed by atoms with E-state index < -0.39 is 18.4 Å². The summed E-state index contributed by atoms with van der Waals surface area (Å²) in [6.45, 7) is 15.9. The first-order chi connectivity index (χ1) is 19.9. The SMILES string of the molecule is CO[C@H]1C([C@@]2(C)O[C@@H]2CC=C(C)C)[C@]2(CC[C@H]1OC(=O)N[C@H](c1cn(C[C@H]3CCN(CC(C)F)C3)cn1)C(C)C)CO2. The number of ether oxygens (including phenoxy) is 4. The Morgan fingerprint density at radius 2 is 2.07 bits per heavy atom. The fourth-order valence-corrected chi connectivity index (χ4v) is 7.47. The number of likely N-dealkylation sites (tertiary alicyclic amines) is 1. The van der Waals surface area contributed by atoms with Gasteiger partial charge in [0.15, 0.2) is 0 Å². The van der Waals surface area contributed by atoms with Crippen molar-refractivity contribution in [2.75, 3.05) is 33.4 Å². The second-order valence-electron chi connectivity index (χ2n) is 13.9. The molecule has 1 aliphatic carbocycles. The molecule has 0 bridgehead atoms. The zero-order chi connectivity index (χ0) is 30.2. The highest BCUT2D eigenvalue weighted by Gasteiger charge is 2.72. The third-order valence-electron chi connectivity index (χ3n) is 9.76. The van der Waals surface area contributed by atoms with Crippen molar-refractivity contribution in [2.24, 2.45) is 17.8 Å². The van der Waals surface area contributed by atoms with Gasteiger partial charge in [0, 0.05) is 32.9 Å². The zero-order valence-corrected chi connectivity index (χ0v) is 26.5. The second kappa shape index (κ2) is 12.5. The summed E-state index contributed by atoms with van der Waals surface area (Å²) in [6, 6.07) is -0.289. The molecule has 1 aromatic heterocycles. The van der Waals surface area contributed by atoms with Gasteiger partial charge in [0.25, 0.3) is 0 Å². The summed E-state index contributed by atoms with van der Waals surface area (Å²) in [5, 5.41) is 3.09. The van der Waals surface area contributed by atoms with Gasteiger partial charge >= 0.3 is 6.09 Å². The molecular weight excluding hydrogens is 539 g/mol. The van der Waals surface area contributed by atoms with Gasteiger partial charge in [0.05, 0.1) is 36.7 Å². The maximum absolute atomic E-state index is 13.4. The fraction of sp³-hybridized carbons (Fsp3) is 0.812. The number of carbonyl (C=O) groups is 1. The largest absolute Gasteiger partial charge is 0.443 e. The lowest BCUT2D eigenvalue weighted by Crippen LogP contribution is -2.56. The Kier molecular flexibility index (Phi) is 9.38. The van der Waals surface area contributed by atoms with E-state index in [0.29, 0.717) is 25.5 Å². The Morgan fingerprint density at radius 3 is 2.71 bits per heavy atom. The highest BCUT2D eigenvalue weighted by atomic mass is 19.1. The van der Waals surface area contributed by atoms with Crippen LogP contribution in [0.15, 0.2) is 24.2 Å². The molecule has 4 aliphatic rings. The first kappa shape index (κ1) is 31.4. The number of aromatic nitrogens is 2. The number of amides is 1. The molecule has 3 saturated heterocycles. The Balaban J connectivity index is 1.20. The van der Waals surface area contributed by atoms with Crippen molar-refractivity contribution in [3.63, 3.8) is 0 Å². The van der Waals surface area contributed by atoms with Crippen molar-refractivity contribution in [3.8, 4) is 0 Å². The Morgan fingerprint density at radius 1 is 1.31 bits per heavy atom. The van der Waals surface area contributed by atoms with Crippen molar-refractivity contribution < 1.29 is 28.1 Å². The molecule has 1 amide bonds. The standard InChI is InChI=1S/C32H51FN4O5/c1-20(2)8-9-26-31(6,42-26)29-28(39-7)25(10-12-32(29)18-40-32)41-30(38)35-27(21(3)4)24-17-37(19-34-24)16-23-11-13-36(15-23)14-22(5)33/h8,17,19,21-23,25-29H,9-16,18H2,1-7H3,(H,35,38)/t22?,23-,25+,26+,27-,28+,29?,31-,32-/m0/s1. The van der Waals surface area contributed by atoms with Gasteiger partial charge in [0.1, 0.15) is 29.6 Å². The molecule has 1 spiro atoms. The molecule has 1 N–H and O–H groups in total. The van der Waals surface area contributed by atoms with Crippen molar-refractivity contribution >= 4 is 6.09 Å². The van der Waals surface area contributed by atoms with E-state index in [-0.39, 0.29) is 41.3 Å². The molecule has 0 radical (unpaired) electrons. The van der Waals surface area contributed by atoms with Crippen molar-refractivity contribution in [3.05, 3.63) is 29.9 Å². The summed E-state index contributed by atoms with van der Waals surface area (Å²) in [6.07, 6.45) is 7.57. The molecule has 1 aromatic rings. The average Bonchev–Trinajstić information content (AvgIpc) is 3.69. The van der Waals surface area contributed by atoms with Crippen LogP contribution in [0, 0.1) is 17.8 Å². The number of epoxide rings is 2. The van der Waals surface area contributed by atoms with Gasteiger partial charge < -0.3 is 33.7 Å². The highest BCUT2D eigenvalue weighted by molar-refractivity contribution is 5.68. The second-order valence-corrected chi connectivity index (χ2v) is 13.9. The molecule has 236 valence electrons. The number of alkyl carbamates (subject to hydrolysis) is 1. The maximum atomic E-state index is 13.4. The van der Waals surface area contributed by atoms with Gasteiger partial charge in [0.2, 0.25) is 0 Å². The van der Waals surface area contributed by atoms with Crippen LogP contribution >= 0.6 is 0 Å². The van der Waals surface area contributed by atoms with Crippen LogP contribution in [0.25, 0.3) is 0 Å². The number of nitrogens with zero attached hydrogens (tertiary/aromatic N) is 3. The van der Waals surface area contributed by atoms with E-state index in [1.807, 2.05) is 12.5 Å². The third kappa shape index (κ3) is 6.87. The summed E-state index contributed by atoms with van der Waals surface area (Å²) in [5.74, 6) is 0.557. The molecule has 10 heteroatoms. The van der Waals surface area contributed by atoms with Crippen molar-refractivity contribution in [2.45, 2.75) is 115 Å². The molecule has 4 heterocycles. The van der Waals surface area contributed by atoms with Crippen molar-refractivity contribution in [1.29, 1.82) is 0 Å². The lowest BCUT2D eigenvalue weighted by Gasteiger charge is -2.42. The number of nitrogens with one attached hydrogen (secondary N) is 1. The monoisotopic (exact) mass is 590 g/mol. The van der Waals surface area contributed by atoms with E-state index in [2.05, 4.69) is 60.5 Å². The molecule has 2 unspecified atom stereocenters. The number of halogens is 1. The van der Waals surface area contributed by atoms with Crippen LogP contribution in [0.5, 0.6) is 0 Å². The van der Waals surface area contributed by atoms with Gasteiger partial charge in [-0.25, -0.2) is 14.2 Å². The van der Waals surface area contributed by atoms with Crippen LogP contribution in [0.1, 0.15) is 79.0 Å². The predicted molar refractivity (Wildman–Crippen MR) is 158 cm³/mol. The van der Waals surface area contributed by atoms with E-state index >= 15 is 0 Å². The quantitative estimate of drug-likeness (QED) is 0.269. The van der Waals surface area contributed by atoms with Crippen LogP contribution in [-0.4, -0.2) is 89.6 Å². The van der Waals surface area contributed by atoms with Gasteiger partial charge in [-0.1, -0.05) is 25.5 Å².